The molecule has 1 aliphatic rings. The highest BCUT2D eigenvalue weighted by molar-refractivity contribution is 6.39. The first kappa shape index (κ1) is 17.9. The Bertz CT molecular complexity index is 605. The number of hydrogen-bond donors (Lipinski definition) is 2. The first-order valence-electron chi connectivity index (χ1n) is 8.12. The molecule has 1 aromatic heterocycles. The fourth-order valence-corrected chi connectivity index (χ4v) is 2.82. The van der Waals surface area contributed by atoms with Gasteiger partial charge in [-0.05, 0) is 44.2 Å². The number of hydrogen-bond acceptors (Lipinski definition) is 4. The van der Waals surface area contributed by atoms with E-state index >= 15 is 0 Å². The molecule has 24 heavy (non-hydrogen) atoms. The Labute approximate surface area is 141 Å². The third-order valence-electron chi connectivity index (χ3n) is 4.21. The molecule has 0 bridgehead atoms. The van der Waals surface area contributed by atoms with E-state index in [9.17, 15) is 14.4 Å². The predicted octanol–water partition coefficient (Wildman–Crippen LogP) is 1.09. The number of amides is 3. The van der Waals surface area contributed by atoms with Gasteiger partial charge in [0.15, 0.2) is 0 Å². The maximum absolute atomic E-state index is 12.0. The molecule has 1 aliphatic carbocycles. The molecule has 130 valence electrons. The van der Waals surface area contributed by atoms with Crippen molar-refractivity contribution < 1.29 is 14.4 Å². The van der Waals surface area contributed by atoms with Crippen LogP contribution < -0.4 is 10.6 Å². The van der Waals surface area contributed by atoms with E-state index in [2.05, 4.69) is 15.6 Å². The molecule has 3 amide bonds. The summed E-state index contributed by atoms with van der Waals surface area (Å²) in [5.41, 5.74) is 0.974. The van der Waals surface area contributed by atoms with Gasteiger partial charge in [-0.15, -0.1) is 0 Å². The minimum absolute atomic E-state index is 0.0127. The summed E-state index contributed by atoms with van der Waals surface area (Å²) in [5, 5.41) is 5.21. The number of rotatable bonds is 3. The van der Waals surface area contributed by atoms with E-state index in [0.717, 1.165) is 18.4 Å². The molecule has 7 heteroatoms. The van der Waals surface area contributed by atoms with Gasteiger partial charge in [-0.2, -0.15) is 0 Å². The van der Waals surface area contributed by atoms with Crippen LogP contribution in [0.5, 0.6) is 0 Å². The van der Waals surface area contributed by atoms with Crippen LogP contribution in [0.4, 0.5) is 5.82 Å². The zero-order valence-electron chi connectivity index (χ0n) is 14.3. The highest BCUT2D eigenvalue weighted by Gasteiger charge is 2.29. The molecule has 1 fully saturated rings. The fourth-order valence-electron chi connectivity index (χ4n) is 2.82. The van der Waals surface area contributed by atoms with Crippen LogP contribution in [0.15, 0.2) is 18.3 Å². The normalized spacial score (nSPS) is 20.1. The first-order valence-corrected chi connectivity index (χ1v) is 8.12. The third-order valence-corrected chi connectivity index (χ3v) is 4.21. The van der Waals surface area contributed by atoms with Crippen molar-refractivity contribution >= 4 is 23.5 Å². The molecule has 0 unspecified atom stereocenters. The van der Waals surface area contributed by atoms with E-state index < -0.39 is 11.8 Å². The van der Waals surface area contributed by atoms with Gasteiger partial charge in [0.05, 0.1) is 0 Å². The zero-order valence-corrected chi connectivity index (χ0v) is 14.3. The lowest BCUT2D eigenvalue weighted by atomic mass is 9.85. The number of carbonyl (C=O) groups excluding carboxylic acids is 3. The van der Waals surface area contributed by atoms with Crippen LogP contribution in [-0.4, -0.2) is 47.7 Å². The molecule has 2 rings (SSSR count). The molecule has 0 atom stereocenters. The van der Waals surface area contributed by atoms with Crippen LogP contribution in [0.3, 0.4) is 0 Å². The number of nitrogens with zero attached hydrogens (tertiary/aromatic N) is 2. The van der Waals surface area contributed by atoms with Crippen molar-refractivity contribution in [3.05, 3.63) is 23.9 Å². The lowest BCUT2D eigenvalue weighted by molar-refractivity contribution is -0.137. The number of aromatic nitrogens is 1. The van der Waals surface area contributed by atoms with E-state index in [1.807, 2.05) is 13.0 Å². The highest BCUT2D eigenvalue weighted by atomic mass is 16.2. The molecule has 0 radical (unpaired) electrons. The topological polar surface area (TPSA) is 91.4 Å². The Morgan fingerprint density at radius 1 is 1.08 bits per heavy atom. The molecular formula is C17H24N4O3. The number of pyridine rings is 1. The van der Waals surface area contributed by atoms with Gasteiger partial charge in [-0.1, -0.05) is 6.07 Å². The summed E-state index contributed by atoms with van der Waals surface area (Å²) < 4.78 is 0. The molecule has 7 nitrogen and oxygen atoms in total. The van der Waals surface area contributed by atoms with Crippen LogP contribution in [0.1, 0.15) is 31.2 Å². The molecule has 2 N–H and O–H groups in total. The van der Waals surface area contributed by atoms with Gasteiger partial charge in [-0.3, -0.25) is 14.4 Å². The lowest BCUT2D eigenvalue weighted by Crippen LogP contribution is -2.44. The molecule has 1 saturated carbocycles. The van der Waals surface area contributed by atoms with Gasteiger partial charge >= 0.3 is 11.8 Å². The Morgan fingerprint density at radius 3 is 2.29 bits per heavy atom. The smallest absolute Gasteiger partial charge is 0.314 e. The fraction of sp³-hybridized carbons (Fsp3) is 0.529. The zero-order chi connectivity index (χ0) is 17.7. The minimum Gasteiger partial charge on any atom is -0.349 e. The predicted molar refractivity (Wildman–Crippen MR) is 90.2 cm³/mol. The lowest BCUT2D eigenvalue weighted by Gasteiger charge is -2.29. The van der Waals surface area contributed by atoms with E-state index in [-0.39, 0.29) is 17.9 Å². The van der Waals surface area contributed by atoms with Gasteiger partial charge in [0, 0.05) is 32.3 Å². The average Bonchev–Trinajstić information content (AvgIpc) is 2.56. The Kier molecular flexibility index (Phi) is 5.89. The monoisotopic (exact) mass is 332 g/mol. The van der Waals surface area contributed by atoms with Crippen LogP contribution in [0.2, 0.25) is 0 Å². The van der Waals surface area contributed by atoms with Gasteiger partial charge in [0.2, 0.25) is 5.91 Å². The number of nitrogens with one attached hydrogen (secondary N) is 2. The third kappa shape index (κ3) is 4.78. The molecule has 0 spiro atoms. The van der Waals surface area contributed by atoms with Crippen LogP contribution in [0, 0.1) is 12.8 Å². The molecular weight excluding hydrogens is 308 g/mol. The van der Waals surface area contributed by atoms with Crippen molar-refractivity contribution in [2.75, 3.05) is 19.4 Å². The summed E-state index contributed by atoms with van der Waals surface area (Å²) in [6.45, 7) is 1.89. The molecule has 0 aromatic carbocycles. The maximum atomic E-state index is 12.0. The quantitative estimate of drug-likeness (QED) is 0.811. The SMILES string of the molecule is Cc1ccc(NC(=O)C(=O)NC2CCC(C(=O)N(C)C)CC2)nc1. The summed E-state index contributed by atoms with van der Waals surface area (Å²) in [6.07, 6.45) is 4.47. The second-order valence-electron chi connectivity index (χ2n) is 6.43. The molecule has 0 aliphatic heterocycles. The number of aryl methyl sites for hydroxylation is 1. The van der Waals surface area contributed by atoms with E-state index in [0.29, 0.717) is 18.7 Å². The van der Waals surface area contributed by atoms with Crippen molar-refractivity contribution in [3.63, 3.8) is 0 Å². The number of anilines is 1. The van der Waals surface area contributed by atoms with Gasteiger partial charge in [-0.25, -0.2) is 4.98 Å². The average molecular weight is 332 g/mol. The summed E-state index contributed by atoms with van der Waals surface area (Å²) in [5.74, 6) is -0.902. The van der Waals surface area contributed by atoms with Crippen molar-refractivity contribution in [3.8, 4) is 0 Å². The first-order chi connectivity index (χ1) is 11.4. The van der Waals surface area contributed by atoms with Crippen LogP contribution >= 0.6 is 0 Å². The summed E-state index contributed by atoms with van der Waals surface area (Å²) in [7, 11) is 3.50. The Hall–Kier alpha value is -2.44. The van der Waals surface area contributed by atoms with Crippen molar-refractivity contribution in [2.24, 2.45) is 5.92 Å². The van der Waals surface area contributed by atoms with Crippen molar-refractivity contribution in [2.45, 2.75) is 38.6 Å². The summed E-state index contributed by atoms with van der Waals surface area (Å²) in [6, 6.07) is 3.39. The van der Waals surface area contributed by atoms with Crippen LogP contribution in [-0.2, 0) is 14.4 Å². The van der Waals surface area contributed by atoms with E-state index in [4.69, 9.17) is 0 Å². The van der Waals surface area contributed by atoms with E-state index in [1.54, 1.807) is 31.3 Å². The summed E-state index contributed by atoms with van der Waals surface area (Å²) >= 11 is 0. The minimum atomic E-state index is -0.724. The Morgan fingerprint density at radius 2 is 1.75 bits per heavy atom. The maximum Gasteiger partial charge on any atom is 0.314 e. The van der Waals surface area contributed by atoms with Gasteiger partial charge in [0.25, 0.3) is 0 Å². The number of carbonyl (C=O) groups is 3. The molecule has 1 aromatic rings. The van der Waals surface area contributed by atoms with Gasteiger partial charge < -0.3 is 15.5 Å². The highest BCUT2D eigenvalue weighted by Crippen LogP contribution is 2.25. The molecule has 1 heterocycles. The second kappa shape index (κ2) is 7.90. The molecule has 0 saturated heterocycles. The largest absolute Gasteiger partial charge is 0.349 e. The van der Waals surface area contributed by atoms with E-state index in [1.165, 1.54) is 0 Å². The summed E-state index contributed by atoms with van der Waals surface area (Å²) in [4.78, 5) is 41.5. The van der Waals surface area contributed by atoms with Crippen molar-refractivity contribution in [1.82, 2.24) is 15.2 Å². The van der Waals surface area contributed by atoms with Crippen LogP contribution in [0.25, 0.3) is 0 Å². The second-order valence-corrected chi connectivity index (χ2v) is 6.43. The standard InChI is InChI=1S/C17H24N4O3/c1-11-4-9-14(18-10-11)20-16(23)15(22)19-13-7-5-12(6-8-13)17(24)21(2)3/h4,9-10,12-13H,5-8H2,1-3H3,(H,19,22)(H,18,20,23). The Balaban J connectivity index is 1.79. The van der Waals surface area contributed by atoms with Gasteiger partial charge in [0.1, 0.15) is 5.82 Å². The van der Waals surface area contributed by atoms with Crippen molar-refractivity contribution in [1.29, 1.82) is 0 Å².